The van der Waals surface area contributed by atoms with E-state index in [2.05, 4.69) is 0 Å². The van der Waals surface area contributed by atoms with Gasteiger partial charge in [0.2, 0.25) is 0 Å². The second-order valence-electron chi connectivity index (χ2n) is 6.41. The molecule has 0 saturated carbocycles. The van der Waals surface area contributed by atoms with Gasteiger partial charge in [-0.3, -0.25) is 4.55 Å². The fourth-order valence-corrected chi connectivity index (χ4v) is 5.89. The molecule has 3 rings (SSSR count). The van der Waals surface area contributed by atoms with Gasteiger partial charge in [0, 0.05) is 0 Å². The first-order valence-corrected chi connectivity index (χ1v) is 11.3. The maximum atomic E-state index is 13.4. The highest BCUT2D eigenvalue weighted by Crippen LogP contribution is 2.40. The van der Waals surface area contributed by atoms with Crippen molar-refractivity contribution < 1.29 is 39.3 Å². The van der Waals surface area contributed by atoms with Gasteiger partial charge in [-0.2, -0.15) is 34.8 Å². The lowest BCUT2D eigenvalue weighted by atomic mass is 10.1. The molecule has 1 atom stereocenters. The smallest absolute Gasteiger partial charge is 0.282 e. The van der Waals surface area contributed by atoms with Crippen molar-refractivity contribution in [3.63, 3.8) is 0 Å². The standard InChI is InChI=1S/C20H13F6O3PS/c21-19(22,23)13-9-14(20(24,25)26)11-17(10-13)30(15-5-2-1-3-6-15)16-7-4-8-18(12-16)31(27,28)29/h1-12H,(H,27,28,29). The lowest BCUT2D eigenvalue weighted by molar-refractivity contribution is -0.142. The lowest BCUT2D eigenvalue weighted by Crippen LogP contribution is -2.24. The topological polar surface area (TPSA) is 54.4 Å². The molecule has 0 aliphatic heterocycles. The molecule has 3 nitrogen and oxygen atoms in total. The Kier molecular flexibility index (Phi) is 6.19. The first-order valence-electron chi connectivity index (χ1n) is 8.49. The van der Waals surface area contributed by atoms with Crippen LogP contribution in [0, 0.1) is 0 Å². The van der Waals surface area contributed by atoms with Crippen LogP contribution < -0.4 is 15.9 Å². The summed E-state index contributed by atoms with van der Waals surface area (Å²) >= 11 is 0. The molecule has 3 aromatic rings. The van der Waals surface area contributed by atoms with Crippen LogP contribution in [0.15, 0.2) is 77.7 Å². The summed E-state index contributed by atoms with van der Waals surface area (Å²) in [4.78, 5) is -0.517. The molecule has 0 saturated heterocycles. The van der Waals surface area contributed by atoms with Crippen molar-refractivity contribution in [1.82, 2.24) is 0 Å². The van der Waals surface area contributed by atoms with E-state index in [4.69, 9.17) is 0 Å². The van der Waals surface area contributed by atoms with Gasteiger partial charge in [-0.05, 0) is 54.2 Å². The van der Waals surface area contributed by atoms with E-state index in [0.717, 1.165) is 12.1 Å². The summed E-state index contributed by atoms with van der Waals surface area (Å²) in [7, 11) is -6.65. The quantitative estimate of drug-likeness (QED) is 0.335. The van der Waals surface area contributed by atoms with E-state index < -0.39 is 46.4 Å². The van der Waals surface area contributed by atoms with Gasteiger partial charge in [0.25, 0.3) is 10.1 Å². The number of benzene rings is 3. The van der Waals surface area contributed by atoms with Crippen LogP contribution in [0.5, 0.6) is 0 Å². The second kappa shape index (κ2) is 8.26. The van der Waals surface area contributed by atoms with Crippen molar-refractivity contribution in [2.45, 2.75) is 17.2 Å². The normalized spacial score (nSPS) is 13.8. The van der Waals surface area contributed by atoms with E-state index in [9.17, 15) is 39.3 Å². The predicted octanol–water partition coefficient (Wildman–Crippen LogP) is 4.73. The summed E-state index contributed by atoms with van der Waals surface area (Å²) in [6.45, 7) is 0. The Bertz CT molecular complexity index is 1160. The third kappa shape index (κ3) is 5.44. The minimum absolute atomic E-state index is 0.0383. The Morgan fingerprint density at radius 2 is 1.16 bits per heavy atom. The molecule has 0 heterocycles. The van der Waals surface area contributed by atoms with Gasteiger partial charge in [0.1, 0.15) is 0 Å². The fraction of sp³-hybridized carbons (Fsp3) is 0.100. The molecule has 0 radical (unpaired) electrons. The zero-order chi connectivity index (χ0) is 23.0. The molecule has 0 aromatic heterocycles. The van der Waals surface area contributed by atoms with Crippen LogP contribution >= 0.6 is 7.92 Å². The molecule has 1 N–H and O–H groups in total. The number of hydrogen-bond donors (Lipinski definition) is 1. The molecule has 0 aliphatic carbocycles. The third-order valence-electron chi connectivity index (χ3n) is 4.22. The molecule has 0 bridgehead atoms. The van der Waals surface area contributed by atoms with E-state index >= 15 is 0 Å². The summed E-state index contributed by atoms with van der Waals surface area (Å²) in [5.74, 6) is 0. The Morgan fingerprint density at radius 1 is 0.645 bits per heavy atom. The van der Waals surface area contributed by atoms with Crippen molar-refractivity contribution in [2.75, 3.05) is 0 Å². The van der Waals surface area contributed by atoms with Crippen molar-refractivity contribution >= 4 is 34.0 Å². The van der Waals surface area contributed by atoms with Gasteiger partial charge >= 0.3 is 12.4 Å². The van der Waals surface area contributed by atoms with Crippen molar-refractivity contribution in [1.29, 1.82) is 0 Å². The van der Waals surface area contributed by atoms with Gasteiger partial charge in [-0.15, -0.1) is 0 Å². The lowest BCUT2D eigenvalue weighted by Gasteiger charge is -2.22. The maximum Gasteiger partial charge on any atom is 0.416 e. The predicted molar refractivity (Wildman–Crippen MR) is 105 cm³/mol. The number of alkyl halides is 6. The zero-order valence-corrected chi connectivity index (χ0v) is 17.0. The van der Waals surface area contributed by atoms with E-state index in [1.54, 1.807) is 18.2 Å². The first-order chi connectivity index (χ1) is 14.3. The number of hydrogen-bond acceptors (Lipinski definition) is 2. The van der Waals surface area contributed by atoms with E-state index in [1.807, 2.05) is 0 Å². The van der Waals surface area contributed by atoms with E-state index in [1.165, 1.54) is 24.3 Å². The van der Waals surface area contributed by atoms with Crippen molar-refractivity contribution in [3.05, 3.63) is 83.9 Å². The summed E-state index contributed by atoms with van der Waals surface area (Å²) in [5.41, 5.74) is -2.93. The summed E-state index contributed by atoms with van der Waals surface area (Å²) in [6, 6.07) is 13.9. The average Bonchev–Trinajstić information content (AvgIpc) is 2.67. The SMILES string of the molecule is O=S(=O)(O)c1cccc(P(c2ccccc2)c2cc(C(F)(F)F)cc(C(F)(F)F)c2)c1. The molecule has 0 spiro atoms. The van der Waals surface area contributed by atoms with Crippen LogP contribution in [0.3, 0.4) is 0 Å². The van der Waals surface area contributed by atoms with Crippen LogP contribution in [0.25, 0.3) is 0 Å². The largest absolute Gasteiger partial charge is 0.416 e. The molecule has 0 aliphatic rings. The Labute approximate surface area is 174 Å². The molecule has 0 fully saturated rings. The van der Waals surface area contributed by atoms with Crippen LogP contribution in [0.4, 0.5) is 26.3 Å². The van der Waals surface area contributed by atoms with Crippen LogP contribution in [-0.4, -0.2) is 13.0 Å². The van der Waals surface area contributed by atoms with Crippen LogP contribution in [0.2, 0.25) is 0 Å². The molecule has 3 aromatic carbocycles. The summed E-state index contributed by atoms with van der Waals surface area (Å²) < 4.78 is 112. The maximum absolute atomic E-state index is 13.4. The molecule has 0 amide bonds. The van der Waals surface area contributed by atoms with Gasteiger partial charge in [0.15, 0.2) is 0 Å². The molecule has 31 heavy (non-hydrogen) atoms. The average molecular weight is 478 g/mol. The third-order valence-corrected chi connectivity index (χ3v) is 7.45. The van der Waals surface area contributed by atoms with Crippen molar-refractivity contribution in [2.24, 2.45) is 0 Å². The second-order valence-corrected chi connectivity index (χ2v) is 10.0. The minimum Gasteiger partial charge on any atom is -0.282 e. The Morgan fingerprint density at radius 3 is 1.65 bits per heavy atom. The van der Waals surface area contributed by atoms with Gasteiger partial charge < -0.3 is 0 Å². The molecule has 164 valence electrons. The summed E-state index contributed by atoms with van der Waals surface area (Å²) in [6.07, 6.45) is -10.0. The van der Waals surface area contributed by atoms with Gasteiger partial charge in [-0.1, -0.05) is 42.5 Å². The van der Waals surface area contributed by atoms with E-state index in [0.29, 0.717) is 17.4 Å². The monoisotopic (exact) mass is 478 g/mol. The van der Waals surface area contributed by atoms with Gasteiger partial charge in [-0.25, -0.2) is 0 Å². The minimum atomic E-state index is -5.02. The highest BCUT2D eigenvalue weighted by Gasteiger charge is 2.38. The highest BCUT2D eigenvalue weighted by atomic mass is 32.2. The summed E-state index contributed by atoms with van der Waals surface area (Å²) in [5, 5.41) is 0.289. The Balaban J connectivity index is 2.32. The number of rotatable bonds is 4. The molecule has 1 unspecified atom stereocenters. The first kappa shape index (κ1) is 23.2. The van der Waals surface area contributed by atoms with Crippen LogP contribution in [-0.2, 0) is 22.5 Å². The van der Waals surface area contributed by atoms with Crippen LogP contribution in [0.1, 0.15) is 11.1 Å². The van der Waals surface area contributed by atoms with E-state index in [-0.39, 0.29) is 16.7 Å². The highest BCUT2D eigenvalue weighted by molar-refractivity contribution is 7.86. The zero-order valence-electron chi connectivity index (χ0n) is 15.3. The molecular weight excluding hydrogens is 465 g/mol. The fourth-order valence-electron chi connectivity index (χ4n) is 2.87. The van der Waals surface area contributed by atoms with Gasteiger partial charge in [0.05, 0.1) is 16.0 Å². The van der Waals surface area contributed by atoms with Crippen molar-refractivity contribution in [3.8, 4) is 0 Å². The Hall–Kier alpha value is -2.42. The molecule has 11 heteroatoms. The number of halogens is 6. The molecular formula is C20H13F6O3PS.